The first-order valence-electron chi connectivity index (χ1n) is 4.65. The van der Waals surface area contributed by atoms with E-state index in [4.69, 9.17) is 4.74 Å². The molecule has 0 spiro atoms. The molecule has 1 aliphatic heterocycles. The Morgan fingerprint density at radius 3 is 2.54 bits per heavy atom. The molecule has 0 bridgehead atoms. The molecular weight excluding hydrogens is 162 g/mol. The average molecular weight is 177 g/mol. The van der Waals surface area contributed by atoms with E-state index in [0.717, 1.165) is 6.54 Å². The highest BCUT2D eigenvalue weighted by Crippen LogP contribution is 2.27. The van der Waals surface area contributed by atoms with Gasteiger partial charge in [-0.1, -0.05) is 30.3 Å². The quantitative estimate of drug-likeness (QED) is 0.709. The Bertz CT molecular complexity index is 281. The van der Waals surface area contributed by atoms with E-state index >= 15 is 0 Å². The molecule has 0 aliphatic carbocycles. The van der Waals surface area contributed by atoms with Crippen molar-refractivity contribution in [3.8, 4) is 0 Å². The molecule has 2 heteroatoms. The van der Waals surface area contributed by atoms with Gasteiger partial charge in [0, 0.05) is 6.54 Å². The molecule has 1 aromatic carbocycles. The van der Waals surface area contributed by atoms with Gasteiger partial charge in [0.25, 0.3) is 0 Å². The molecule has 1 N–H and O–H groups in total. The molecule has 2 nitrogen and oxygen atoms in total. The second kappa shape index (κ2) is 3.13. The van der Waals surface area contributed by atoms with Gasteiger partial charge in [-0.15, -0.1) is 0 Å². The van der Waals surface area contributed by atoms with Gasteiger partial charge in [0.05, 0.1) is 6.10 Å². The predicted molar refractivity (Wildman–Crippen MR) is 52.3 cm³/mol. The lowest BCUT2D eigenvalue weighted by Crippen LogP contribution is -2.33. The number of rotatable bonds is 1. The first kappa shape index (κ1) is 8.73. The molecule has 70 valence electrons. The molecule has 1 aromatic rings. The van der Waals surface area contributed by atoms with Crippen LogP contribution in [0.25, 0.3) is 0 Å². The van der Waals surface area contributed by atoms with E-state index in [2.05, 4.69) is 31.3 Å². The monoisotopic (exact) mass is 177 g/mol. The van der Waals surface area contributed by atoms with Crippen molar-refractivity contribution in [1.82, 2.24) is 5.32 Å². The van der Waals surface area contributed by atoms with Gasteiger partial charge in [-0.25, -0.2) is 0 Å². The standard InChI is InChI=1S/C11H15NO/c1-11(2)12-8-10(13-11)9-6-4-3-5-7-9/h3-7,10,12H,8H2,1-2H3/t10-/m0/s1. The van der Waals surface area contributed by atoms with Crippen LogP contribution in [0.4, 0.5) is 0 Å². The van der Waals surface area contributed by atoms with Crippen LogP contribution in [0, 0.1) is 0 Å². The number of ether oxygens (including phenoxy) is 1. The summed E-state index contributed by atoms with van der Waals surface area (Å²) in [7, 11) is 0. The summed E-state index contributed by atoms with van der Waals surface area (Å²) < 4.78 is 5.82. The fraction of sp³-hybridized carbons (Fsp3) is 0.455. The van der Waals surface area contributed by atoms with Crippen molar-refractivity contribution in [1.29, 1.82) is 0 Å². The van der Waals surface area contributed by atoms with E-state index in [1.165, 1.54) is 5.56 Å². The van der Waals surface area contributed by atoms with Crippen molar-refractivity contribution in [3.05, 3.63) is 35.9 Å². The number of benzene rings is 1. The maximum Gasteiger partial charge on any atom is 0.114 e. The summed E-state index contributed by atoms with van der Waals surface area (Å²) in [5.41, 5.74) is 1.07. The highest BCUT2D eigenvalue weighted by molar-refractivity contribution is 5.19. The van der Waals surface area contributed by atoms with Gasteiger partial charge in [-0.3, -0.25) is 5.32 Å². The third kappa shape index (κ3) is 1.90. The third-order valence-electron chi connectivity index (χ3n) is 2.32. The third-order valence-corrected chi connectivity index (χ3v) is 2.32. The maximum atomic E-state index is 5.82. The molecular formula is C11H15NO. The number of nitrogens with one attached hydrogen (secondary N) is 1. The Labute approximate surface area is 78.9 Å². The fourth-order valence-electron chi connectivity index (χ4n) is 1.63. The summed E-state index contributed by atoms with van der Waals surface area (Å²) in [6.45, 7) is 5.00. The van der Waals surface area contributed by atoms with Crippen LogP contribution < -0.4 is 5.32 Å². The van der Waals surface area contributed by atoms with Gasteiger partial charge >= 0.3 is 0 Å². The highest BCUT2D eigenvalue weighted by atomic mass is 16.5. The average Bonchev–Trinajstić information content (AvgIpc) is 2.48. The van der Waals surface area contributed by atoms with Crippen molar-refractivity contribution in [2.75, 3.05) is 6.54 Å². The molecule has 0 saturated carbocycles. The lowest BCUT2D eigenvalue weighted by atomic mass is 10.1. The lowest BCUT2D eigenvalue weighted by Gasteiger charge is -2.18. The normalized spacial score (nSPS) is 26.2. The summed E-state index contributed by atoms with van der Waals surface area (Å²) in [5.74, 6) is 0. The lowest BCUT2D eigenvalue weighted by molar-refractivity contribution is -0.0240. The Hall–Kier alpha value is -0.860. The molecule has 13 heavy (non-hydrogen) atoms. The van der Waals surface area contributed by atoms with Crippen LogP contribution in [0.2, 0.25) is 0 Å². The highest BCUT2D eigenvalue weighted by Gasteiger charge is 2.31. The zero-order chi connectivity index (χ0) is 9.31. The fourth-order valence-corrected chi connectivity index (χ4v) is 1.63. The van der Waals surface area contributed by atoms with Crippen LogP contribution in [0.1, 0.15) is 25.5 Å². The van der Waals surface area contributed by atoms with Gasteiger partial charge in [-0.05, 0) is 19.4 Å². The minimum absolute atomic E-state index is 0.180. The van der Waals surface area contributed by atoms with Gasteiger partial charge in [0.2, 0.25) is 0 Å². The van der Waals surface area contributed by atoms with Gasteiger partial charge < -0.3 is 4.74 Å². The Balaban J connectivity index is 2.13. The Morgan fingerprint density at radius 2 is 2.00 bits per heavy atom. The molecule has 2 rings (SSSR count). The first-order chi connectivity index (χ1) is 6.17. The molecule has 0 amide bonds. The van der Waals surface area contributed by atoms with Gasteiger partial charge in [0.1, 0.15) is 5.72 Å². The van der Waals surface area contributed by atoms with Crippen LogP contribution in [-0.2, 0) is 4.74 Å². The van der Waals surface area contributed by atoms with Gasteiger partial charge in [0.15, 0.2) is 0 Å². The largest absolute Gasteiger partial charge is 0.352 e. The maximum absolute atomic E-state index is 5.82. The minimum atomic E-state index is -0.180. The van der Waals surface area contributed by atoms with E-state index in [0.29, 0.717) is 0 Å². The second-order valence-electron chi connectivity index (χ2n) is 3.91. The molecule has 1 saturated heterocycles. The second-order valence-corrected chi connectivity index (χ2v) is 3.91. The van der Waals surface area contributed by atoms with E-state index in [1.54, 1.807) is 0 Å². The van der Waals surface area contributed by atoms with Crippen molar-refractivity contribution < 1.29 is 4.74 Å². The molecule has 1 fully saturated rings. The summed E-state index contributed by atoms with van der Waals surface area (Å²) >= 11 is 0. The van der Waals surface area contributed by atoms with Crippen molar-refractivity contribution in [3.63, 3.8) is 0 Å². The van der Waals surface area contributed by atoms with Crippen molar-refractivity contribution in [2.24, 2.45) is 0 Å². The van der Waals surface area contributed by atoms with Crippen LogP contribution in [0.15, 0.2) is 30.3 Å². The molecule has 0 aromatic heterocycles. The predicted octanol–water partition coefficient (Wildman–Crippen LogP) is 2.08. The van der Waals surface area contributed by atoms with E-state index in [9.17, 15) is 0 Å². The zero-order valence-electron chi connectivity index (χ0n) is 8.08. The summed E-state index contributed by atoms with van der Waals surface area (Å²) in [4.78, 5) is 0. The molecule has 0 unspecified atom stereocenters. The SMILES string of the molecule is CC1(C)NC[C@@H](c2ccccc2)O1. The summed E-state index contributed by atoms with van der Waals surface area (Å²) in [6.07, 6.45) is 0.205. The summed E-state index contributed by atoms with van der Waals surface area (Å²) in [6, 6.07) is 10.3. The van der Waals surface area contributed by atoms with Crippen LogP contribution in [0.5, 0.6) is 0 Å². The summed E-state index contributed by atoms with van der Waals surface area (Å²) in [5, 5.41) is 3.32. The molecule has 1 heterocycles. The Kier molecular flexibility index (Phi) is 2.10. The zero-order valence-corrected chi connectivity index (χ0v) is 8.08. The van der Waals surface area contributed by atoms with Crippen molar-refractivity contribution >= 4 is 0 Å². The molecule has 1 atom stereocenters. The van der Waals surface area contributed by atoms with Gasteiger partial charge in [-0.2, -0.15) is 0 Å². The van der Waals surface area contributed by atoms with Crippen LogP contribution in [0.3, 0.4) is 0 Å². The number of hydrogen-bond donors (Lipinski definition) is 1. The Morgan fingerprint density at radius 1 is 1.31 bits per heavy atom. The molecule has 1 aliphatic rings. The van der Waals surface area contributed by atoms with E-state index in [-0.39, 0.29) is 11.8 Å². The topological polar surface area (TPSA) is 21.3 Å². The molecule has 0 radical (unpaired) electrons. The van der Waals surface area contributed by atoms with Crippen molar-refractivity contribution in [2.45, 2.75) is 25.7 Å². The smallest absolute Gasteiger partial charge is 0.114 e. The minimum Gasteiger partial charge on any atom is -0.352 e. The van der Waals surface area contributed by atoms with Crippen LogP contribution >= 0.6 is 0 Å². The number of hydrogen-bond acceptors (Lipinski definition) is 2. The van der Waals surface area contributed by atoms with E-state index in [1.807, 2.05) is 18.2 Å². The van der Waals surface area contributed by atoms with Crippen LogP contribution in [-0.4, -0.2) is 12.3 Å². The first-order valence-corrected chi connectivity index (χ1v) is 4.65. The van der Waals surface area contributed by atoms with E-state index < -0.39 is 0 Å².